The first-order valence-electron chi connectivity index (χ1n) is 6.91. The van der Waals surface area contributed by atoms with Gasteiger partial charge in [-0.3, -0.25) is 14.9 Å². The number of likely N-dealkylation sites (N-methyl/N-ethyl adjacent to an activating group) is 1. The molecule has 5 heteroatoms. The molecule has 0 aliphatic rings. The fourth-order valence-corrected chi connectivity index (χ4v) is 2.07. The summed E-state index contributed by atoms with van der Waals surface area (Å²) in [6, 6.07) is 15.5. The van der Waals surface area contributed by atoms with Crippen molar-refractivity contribution in [2.75, 3.05) is 11.4 Å². The highest BCUT2D eigenvalue weighted by Gasteiger charge is 2.10. The zero-order valence-electron chi connectivity index (χ0n) is 12.2. The van der Waals surface area contributed by atoms with Crippen molar-refractivity contribution in [1.29, 1.82) is 0 Å². The minimum atomic E-state index is -0.457. The molecule has 0 radical (unpaired) electrons. The highest BCUT2D eigenvalue weighted by molar-refractivity contribution is 6.03. The molecule has 0 heterocycles. The van der Waals surface area contributed by atoms with Gasteiger partial charge in [0.1, 0.15) is 0 Å². The summed E-state index contributed by atoms with van der Waals surface area (Å²) in [5, 5.41) is 10.7. The lowest BCUT2D eigenvalue weighted by atomic mass is 10.2. The summed E-state index contributed by atoms with van der Waals surface area (Å²) in [5.41, 5.74) is 1.44. The zero-order valence-corrected chi connectivity index (χ0v) is 12.2. The molecular formula is C17H16N2O3. The van der Waals surface area contributed by atoms with Crippen LogP contribution in [-0.2, 0) is 4.79 Å². The molecule has 0 saturated heterocycles. The lowest BCUT2D eigenvalue weighted by Crippen LogP contribution is -2.28. The average Bonchev–Trinajstić information content (AvgIpc) is 2.55. The predicted molar refractivity (Wildman–Crippen MR) is 86.6 cm³/mol. The highest BCUT2D eigenvalue weighted by Crippen LogP contribution is 2.16. The quantitative estimate of drug-likeness (QED) is 0.480. The number of nitrogens with zero attached hydrogens (tertiary/aromatic N) is 2. The lowest BCUT2D eigenvalue weighted by molar-refractivity contribution is -0.384. The standard InChI is InChI=1S/C17H16N2O3/c1-2-18(15-8-4-3-5-9-15)17(20)12-11-14-7-6-10-16(13-14)19(21)22/h3-13H,2H2,1H3. The van der Waals surface area contributed by atoms with Crippen LogP contribution < -0.4 is 4.90 Å². The monoisotopic (exact) mass is 296 g/mol. The molecule has 0 bridgehead atoms. The van der Waals surface area contributed by atoms with Crippen molar-refractivity contribution in [3.63, 3.8) is 0 Å². The van der Waals surface area contributed by atoms with E-state index in [0.29, 0.717) is 12.1 Å². The first-order chi connectivity index (χ1) is 10.6. The summed E-state index contributed by atoms with van der Waals surface area (Å²) in [7, 11) is 0. The van der Waals surface area contributed by atoms with E-state index in [9.17, 15) is 14.9 Å². The maximum Gasteiger partial charge on any atom is 0.270 e. The second kappa shape index (κ2) is 7.17. The van der Waals surface area contributed by atoms with Crippen LogP contribution in [0.25, 0.3) is 6.08 Å². The van der Waals surface area contributed by atoms with Crippen LogP contribution in [0.2, 0.25) is 0 Å². The molecule has 112 valence electrons. The number of non-ortho nitro benzene ring substituents is 1. The second-order valence-corrected chi connectivity index (χ2v) is 4.60. The SMILES string of the molecule is CCN(C(=O)C=Cc1cccc([N+](=O)[O-])c1)c1ccccc1. The largest absolute Gasteiger partial charge is 0.309 e. The van der Waals surface area contributed by atoms with Gasteiger partial charge in [-0.05, 0) is 30.7 Å². The number of hydrogen-bond acceptors (Lipinski definition) is 3. The number of rotatable bonds is 5. The summed E-state index contributed by atoms with van der Waals surface area (Å²) in [6.07, 6.45) is 3.01. The summed E-state index contributed by atoms with van der Waals surface area (Å²) in [4.78, 5) is 24.2. The summed E-state index contributed by atoms with van der Waals surface area (Å²) >= 11 is 0. The van der Waals surface area contributed by atoms with E-state index in [1.54, 1.807) is 23.1 Å². The Kier molecular flexibility index (Phi) is 5.03. The van der Waals surface area contributed by atoms with Crippen LogP contribution in [0.3, 0.4) is 0 Å². The van der Waals surface area contributed by atoms with Crippen LogP contribution in [0, 0.1) is 10.1 Å². The Bertz CT molecular complexity index is 696. The molecule has 1 amide bonds. The Morgan fingerprint density at radius 1 is 1.18 bits per heavy atom. The van der Waals surface area contributed by atoms with Gasteiger partial charge in [-0.25, -0.2) is 0 Å². The molecule has 0 spiro atoms. The highest BCUT2D eigenvalue weighted by atomic mass is 16.6. The Labute approximate surface area is 128 Å². The van der Waals surface area contributed by atoms with E-state index in [1.165, 1.54) is 18.2 Å². The summed E-state index contributed by atoms with van der Waals surface area (Å²) in [5.74, 6) is -0.166. The molecular weight excluding hydrogens is 280 g/mol. The van der Waals surface area contributed by atoms with Crippen LogP contribution in [-0.4, -0.2) is 17.4 Å². The lowest BCUT2D eigenvalue weighted by Gasteiger charge is -2.19. The number of nitro groups is 1. The minimum absolute atomic E-state index is 0.00464. The van der Waals surface area contributed by atoms with E-state index >= 15 is 0 Å². The average molecular weight is 296 g/mol. The van der Waals surface area contributed by atoms with Crippen molar-refractivity contribution in [3.8, 4) is 0 Å². The Hall–Kier alpha value is -2.95. The molecule has 0 aliphatic heterocycles. The Morgan fingerprint density at radius 2 is 1.91 bits per heavy atom. The van der Waals surface area contributed by atoms with Crippen molar-refractivity contribution in [2.24, 2.45) is 0 Å². The maximum atomic E-state index is 12.3. The molecule has 5 nitrogen and oxygen atoms in total. The van der Waals surface area contributed by atoms with E-state index < -0.39 is 4.92 Å². The van der Waals surface area contributed by atoms with Gasteiger partial charge in [-0.1, -0.05) is 30.3 Å². The number of carbonyl (C=O) groups excluding carboxylic acids is 1. The van der Waals surface area contributed by atoms with E-state index in [2.05, 4.69) is 0 Å². The molecule has 2 aromatic carbocycles. The van der Waals surface area contributed by atoms with Crippen LogP contribution >= 0.6 is 0 Å². The van der Waals surface area contributed by atoms with Crippen molar-refractivity contribution >= 4 is 23.4 Å². The second-order valence-electron chi connectivity index (χ2n) is 4.60. The Balaban J connectivity index is 2.16. The molecule has 2 rings (SSSR count). The number of carbonyl (C=O) groups is 1. The van der Waals surface area contributed by atoms with Gasteiger partial charge in [-0.2, -0.15) is 0 Å². The predicted octanol–water partition coefficient (Wildman–Crippen LogP) is 3.66. The minimum Gasteiger partial charge on any atom is -0.309 e. The molecule has 22 heavy (non-hydrogen) atoms. The molecule has 0 aliphatic carbocycles. The third-order valence-corrected chi connectivity index (χ3v) is 3.15. The van der Waals surface area contributed by atoms with Gasteiger partial charge in [-0.15, -0.1) is 0 Å². The summed E-state index contributed by atoms with van der Waals surface area (Å²) in [6.45, 7) is 2.44. The number of hydrogen-bond donors (Lipinski definition) is 0. The van der Waals surface area contributed by atoms with Crippen LogP contribution in [0.1, 0.15) is 12.5 Å². The van der Waals surface area contributed by atoms with Gasteiger partial charge in [0.05, 0.1) is 4.92 Å². The number of anilines is 1. The third-order valence-electron chi connectivity index (χ3n) is 3.15. The molecule has 0 fully saturated rings. The van der Waals surface area contributed by atoms with Crippen LogP contribution in [0.4, 0.5) is 11.4 Å². The van der Waals surface area contributed by atoms with Crippen LogP contribution in [0.15, 0.2) is 60.7 Å². The van der Waals surface area contributed by atoms with E-state index in [0.717, 1.165) is 5.69 Å². The molecule has 0 unspecified atom stereocenters. The number of amides is 1. The first kappa shape index (κ1) is 15.4. The Morgan fingerprint density at radius 3 is 2.55 bits per heavy atom. The first-order valence-corrected chi connectivity index (χ1v) is 6.91. The van der Waals surface area contributed by atoms with Gasteiger partial charge in [0.15, 0.2) is 0 Å². The summed E-state index contributed by atoms with van der Waals surface area (Å²) < 4.78 is 0. The molecule has 2 aromatic rings. The van der Waals surface area contributed by atoms with Gasteiger partial charge in [0.2, 0.25) is 0 Å². The molecule has 0 atom stereocenters. The molecule has 0 aromatic heterocycles. The third kappa shape index (κ3) is 3.79. The maximum absolute atomic E-state index is 12.3. The fourth-order valence-electron chi connectivity index (χ4n) is 2.07. The van der Waals surface area contributed by atoms with E-state index in [1.807, 2.05) is 37.3 Å². The van der Waals surface area contributed by atoms with Crippen molar-refractivity contribution < 1.29 is 9.72 Å². The van der Waals surface area contributed by atoms with Crippen molar-refractivity contribution in [3.05, 3.63) is 76.4 Å². The number of benzene rings is 2. The van der Waals surface area contributed by atoms with Gasteiger partial charge >= 0.3 is 0 Å². The molecule has 0 N–H and O–H groups in total. The normalized spacial score (nSPS) is 10.6. The smallest absolute Gasteiger partial charge is 0.270 e. The van der Waals surface area contributed by atoms with Gasteiger partial charge in [0, 0.05) is 30.4 Å². The van der Waals surface area contributed by atoms with Gasteiger partial charge < -0.3 is 4.90 Å². The van der Waals surface area contributed by atoms with E-state index in [4.69, 9.17) is 0 Å². The van der Waals surface area contributed by atoms with Crippen LogP contribution in [0.5, 0.6) is 0 Å². The van der Waals surface area contributed by atoms with Gasteiger partial charge in [0.25, 0.3) is 11.6 Å². The number of para-hydroxylation sites is 1. The number of nitro benzene ring substituents is 1. The zero-order chi connectivity index (χ0) is 15.9. The van der Waals surface area contributed by atoms with Crippen molar-refractivity contribution in [2.45, 2.75) is 6.92 Å². The fraction of sp³-hybridized carbons (Fsp3) is 0.118. The van der Waals surface area contributed by atoms with E-state index in [-0.39, 0.29) is 11.6 Å². The topological polar surface area (TPSA) is 63.5 Å². The molecule has 0 saturated carbocycles. The van der Waals surface area contributed by atoms with Crippen molar-refractivity contribution in [1.82, 2.24) is 0 Å².